The number of hydrogen-bond donors (Lipinski definition) is 1. The van der Waals surface area contributed by atoms with Gasteiger partial charge >= 0.3 is 0 Å². The first-order chi connectivity index (χ1) is 8.57. The number of ether oxygens (including phenoxy) is 1. The molecule has 2 aliphatic carbocycles. The fraction of sp³-hybridized carbons (Fsp3) is 0.875. The van der Waals surface area contributed by atoms with Crippen molar-refractivity contribution < 1.29 is 9.84 Å². The minimum atomic E-state index is -0.595. The molecular formula is C16H28O2. The average molecular weight is 252 g/mol. The van der Waals surface area contributed by atoms with Crippen molar-refractivity contribution in [1.29, 1.82) is 0 Å². The molecule has 2 aliphatic rings. The lowest BCUT2D eigenvalue weighted by atomic mass is 9.77. The minimum Gasteiger partial charge on any atom is -0.368 e. The second-order valence-corrected chi connectivity index (χ2v) is 6.38. The van der Waals surface area contributed by atoms with Crippen LogP contribution < -0.4 is 0 Å². The Labute approximate surface area is 111 Å². The maximum atomic E-state index is 9.48. The molecule has 1 unspecified atom stereocenters. The van der Waals surface area contributed by atoms with Gasteiger partial charge in [0.25, 0.3) is 0 Å². The molecule has 1 N–H and O–H groups in total. The van der Waals surface area contributed by atoms with Gasteiger partial charge in [0.15, 0.2) is 6.29 Å². The van der Waals surface area contributed by atoms with Crippen LogP contribution in [0.3, 0.4) is 0 Å². The maximum absolute atomic E-state index is 9.48. The maximum Gasteiger partial charge on any atom is 0.154 e. The summed E-state index contributed by atoms with van der Waals surface area (Å²) in [6.45, 7) is 7.21. The average Bonchev–Trinajstić information content (AvgIpc) is 3.09. The highest BCUT2D eigenvalue weighted by Gasteiger charge is 2.44. The van der Waals surface area contributed by atoms with Gasteiger partial charge in [-0.1, -0.05) is 51.7 Å². The van der Waals surface area contributed by atoms with Crippen LogP contribution in [0.25, 0.3) is 0 Å². The molecule has 0 amide bonds. The van der Waals surface area contributed by atoms with E-state index in [0.29, 0.717) is 18.9 Å². The molecule has 1 saturated carbocycles. The predicted octanol–water partition coefficient (Wildman–Crippen LogP) is 3.89. The standard InChI is InChI=1S/C16H28O2/c1-4-15(17)18-11-16(3)10-14(16)12(2)13-8-6-5-7-9-13/h10,12-13,15,17H,4-9,11H2,1-3H3/t12-,15?,16-/m0/s1. The summed E-state index contributed by atoms with van der Waals surface area (Å²) in [4.78, 5) is 0. The molecule has 0 aromatic carbocycles. The first kappa shape index (κ1) is 14.1. The Hall–Kier alpha value is -0.340. The van der Waals surface area contributed by atoms with E-state index in [1.807, 2.05) is 6.92 Å². The van der Waals surface area contributed by atoms with E-state index < -0.39 is 6.29 Å². The third-order valence-corrected chi connectivity index (χ3v) is 4.82. The SMILES string of the molecule is CCC(O)OC[C@]1(C)C=C1[C@@H](C)C1CCCCC1. The van der Waals surface area contributed by atoms with Crippen LogP contribution in [0, 0.1) is 17.3 Å². The molecule has 2 heteroatoms. The molecule has 2 nitrogen and oxygen atoms in total. The van der Waals surface area contributed by atoms with E-state index >= 15 is 0 Å². The van der Waals surface area contributed by atoms with Crippen LogP contribution >= 0.6 is 0 Å². The van der Waals surface area contributed by atoms with Crippen molar-refractivity contribution in [1.82, 2.24) is 0 Å². The summed E-state index contributed by atoms with van der Waals surface area (Å²) in [5.41, 5.74) is 1.70. The molecule has 0 aromatic rings. The Morgan fingerprint density at radius 2 is 2.06 bits per heavy atom. The molecule has 0 aliphatic heterocycles. The fourth-order valence-corrected chi connectivity index (χ4v) is 3.36. The summed E-state index contributed by atoms with van der Waals surface area (Å²) >= 11 is 0. The van der Waals surface area contributed by atoms with Crippen LogP contribution in [-0.4, -0.2) is 18.0 Å². The second-order valence-electron chi connectivity index (χ2n) is 6.38. The van der Waals surface area contributed by atoms with Crippen molar-refractivity contribution in [3.05, 3.63) is 11.6 Å². The highest BCUT2D eigenvalue weighted by Crippen LogP contribution is 2.52. The zero-order valence-electron chi connectivity index (χ0n) is 12.1. The quantitative estimate of drug-likeness (QED) is 0.574. The number of aliphatic hydroxyl groups excluding tert-OH is 1. The number of rotatable bonds is 6. The highest BCUT2D eigenvalue weighted by atomic mass is 16.6. The Balaban J connectivity index is 1.79. The van der Waals surface area contributed by atoms with E-state index in [9.17, 15) is 5.11 Å². The van der Waals surface area contributed by atoms with E-state index in [0.717, 1.165) is 5.92 Å². The predicted molar refractivity (Wildman–Crippen MR) is 74.2 cm³/mol. The zero-order valence-corrected chi connectivity index (χ0v) is 12.1. The number of hydrogen-bond acceptors (Lipinski definition) is 2. The molecule has 0 spiro atoms. The topological polar surface area (TPSA) is 29.5 Å². The number of aliphatic hydroxyl groups is 1. The van der Waals surface area contributed by atoms with E-state index in [1.54, 1.807) is 5.57 Å². The summed E-state index contributed by atoms with van der Waals surface area (Å²) in [6, 6.07) is 0. The first-order valence-corrected chi connectivity index (χ1v) is 7.59. The summed E-state index contributed by atoms with van der Waals surface area (Å²) in [6.07, 6.45) is 9.46. The molecule has 1 fully saturated rings. The van der Waals surface area contributed by atoms with Crippen molar-refractivity contribution >= 4 is 0 Å². The first-order valence-electron chi connectivity index (χ1n) is 7.59. The van der Waals surface area contributed by atoms with Gasteiger partial charge in [0.2, 0.25) is 0 Å². The molecular weight excluding hydrogens is 224 g/mol. The zero-order chi connectivity index (χ0) is 13.2. The fourth-order valence-electron chi connectivity index (χ4n) is 3.36. The van der Waals surface area contributed by atoms with E-state index in [1.165, 1.54) is 32.1 Å². The van der Waals surface area contributed by atoms with E-state index in [4.69, 9.17) is 4.74 Å². The van der Waals surface area contributed by atoms with Crippen molar-refractivity contribution in [2.24, 2.45) is 17.3 Å². The minimum absolute atomic E-state index is 0.132. The molecule has 18 heavy (non-hydrogen) atoms. The van der Waals surface area contributed by atoms with Crippen LogP contribution in [0.2, 0.25) is 0 Å². The lowest BCUT2D eigenvalue weighted by Gasteiger charge is -2.29. The third kappa shape index (κ3) is 3.16. The van der Waals surface area contributed by atoms with Crippen molar-refractivity contribution in [2.75, 3.05) is 6.61 Å². The highest BCUT2D eigenvalue weighted by molar-refractivity contribution is 5.39. The molecule has 0 heterocycles. The summed E-state index contributed by atoms with van der Waals surface area (Å²) in [7, 11) is 0. The van der Waals surface area contributed by atoms with Crippen LogP contribution in [0.5, 0.6) is 0 Å². The monoisotopic (exact) mass is 252 g/mol. The largest absolute Gasteiger partial charge is 0.368 e. The molecule has 3 atom stereocenters. The van der Waals surface area contributed by atoms with Gasteiger partial charge in [-0.25, -0.2) is 0 Å². The van der Waals surface area contributed by atoms with E-state index in [-0.39, 0.29) is 5.41 Å². The van der Waals surface area contributed by atoms with Gasteiger partial charge in [0.1, 0.15) is 0 Å². The Kier molecular flexibility index (Phi) is 4.50. The Morgan fingerprint density at radius 3 is 2.67 bits per heavy atom. The van der Waals surface area contributed by atoms with Gasteiger partial charge in [-0.3, -0.25) is 0 Å². The lowest BCUT2D eigenvalue weighted by molar-refractivity contribution is -0.111. The van der Waals surface area contributed by atoms with Gasteiger partial charge in [-0.2, -0.15) is 0 Å². The molecule has 0 aromatic heterocycles. The van der Waals surface area contributed by atoms with E-state index in [2.05, 4.69) is 19.9 Å². The molecule has 0 radical (unpaired) electrons. The van der Waals surface area contributed by atoms with Gasteiger partial charge < -0.3 is 9.84 Å². The van der Waals surface area contributed by atoms with Gasteiger partial charge in [0.05, 0.1) is 6.61 Å². The second kappa shape index (κ2) is 5.75. The van der Waals surface area contributed by atoms with Crippen LogP contribution in [0.1, 0.15) is 59.3 Å². The molecule has 0 saturated heterocycles. The van der Waals surface area contributed by atoms with Crippen molar-refractivity contribution in [3.8, 4) is 0 Å². The van der Waals surface area contributed by atoms with Crippen molar-refractivity contribution in [3.63, 3.8) is 0 Å². The van der Waals surface area contributed by atoms with Crippen LogP contribution in [0.15, 0.2) is 11.6 Å². The Morgan fingerprint density at radius 1 is 1.39 bits per heavy atom. The van der Waals surface area contributed by atoms with Gasteiger partial charge in [-0.05, 0) is 31.1 Å². The van der Waals surface area contributed by atoms with Crippen LogP contribution in [-0.2, 0) is 4.74 Å². The summed E-state index contributed by atoms with van der Waals surface area (Å²) in [5, 5.41) is 9.48. The van der Waals surface area contributed by atoms with Gasteiger partial charge in [0, 0.05) is 5.41 Å². The normalized spacial score (nSPS) is 31.9. The van der Waals surface area contributed by atoms with Crippen molar-refractivity contribution in [2.45, 2.75) is 65.6 Å². The van der Waals surface area contributed by atoms with Gasteiger partial charge in [-0.15, -0.1) is 0 Å². The Bertz CT molecular complexity index is 304. The molecule has 104 valence electrons. The molecule has 0 bridgehead atoms. The third-order valence-electron chi connectivity index (χ3n) is 4.82. The summed E-state index contributed by atoms with van der Waals surface area (Å²) < 4.78 is 5.49. The lowest BCUT2D eigenvalue weighted by Crippen LogP contribution is -2.22. The summed E-state index contributed by atoms with van der Waals surface area (Å²) in [5.74, 6) is 1.58. The van der Waals surface area contributed by atoms with Crippen LogP contribution in [0.4, 0.5) is 0 Å². The molecule has 2 rings (SSSR count). The smallest absolute Gasteiger partial charge is 0.154 e.